The Bertz CT molecular complexity index is 175. The first kappa shape index (κ1) is 11.4. The van der Waals surface area contributed by atoms with E-state index < -0.39 is 0 Å². The van der Waals surface area contributed by atoms with Crippen LogP contribution in [0.25, 0.3) is 0 Å². The topological polar surface area (TPSA) is 15.3 Å². The van der Waals surface area contributed by atoms with Gasteiger partial charge in [-0.1, -0.05) is 26.2 Å². The monoisotopic (exact) mass is 210 g/mol. The Labute approximate surface area is 94.4 Å². The normalized spacial score (nSPS) is 29.0. The highest BCUT2D eigenvalue weighted by atomic mass is 15.2. The Balaban J connectivity index is 1.54. The molecule has 0 bridgehead atoms. The molecule has 2 heteroatoms. The maximum atomic E-state index is 3.70. The molecule has 1 aliphatic carbocycles. The fourth-order valence-corrected chi connectivity index (χ4v) is 3.01. The summed E-state index contributed by atoms with van der Waals surface area (Å²) in [5, 5.41) is 3.70. The zero-order valence-electron chi connectivity index (χ0n) is 10.2. The molecule has 2 rings (SSSR count). The van der Waals surface area contributed by atoms with Gasteiger partial charge in [-0.2, -0.15) is 0 Å². The first-order valence-electron chi connectivity index (χ1n) is 6.84. The van der Waals surface area contributed by atoms with Gasteiger partial charge in [-0.25, -0.2) is 0 Å². The smallest absolute Gasteiger partial charge is 0.0107 e. The molecule has 15 heavy (non-hydrogen) atoms. The summed E-state index contributed by atoms with van der Waals surface area (Å²) in [5.41, 5.74) is 0. The second-order valence-corrected chi connectivity index (χ2v) is 5.30. The molecule has 0 amide bonds. The molecule has 1 unspecified atom stereocenters. The molecule has 1 saturated heterocycles. The first-order valence-corrected chi connectivity index (χ1v) is 6.84. The molecule has 0 spiro atoms. The Hall–Kier alpha value is -0.0800. The van der Waals surface area contributed by atoms with Gasteiger partial charge in [0.2, 0.25) is 0 Å². The van der Waals surface area contributed by atoms with Crippen molar-refractivity contribution >= 4 is 0 Å². The van der Waals surface area contributed by atoms with Crippen molar-refractivity contribution in [1.82, 2.24) is 10.2 Å². The van der Waals surface area contributed by atoms with Crippen LogP contribution in [0, 0.1) is 5.92 Å². The van der Waals surface area contributed by atoms with Crippen molar-refractivity contribution in [2.45, 2.75) is 51.5 Å². The van der Waals surface area contributed by atoms with Gasteiger partial charge in [-0.3, -0.25) is 0 Å². The van der Waals surface area contributed by atoms with Crippen LogP contribution in [0.4, 0.5) is 0 Å². The van der Waals surface area contributed by atoms with Gasteiger partial charge >= 0.3 is 0 Å². The molecule has 2 fully saturated rings. The van der Waals surface area contributed by atoms with Crippen LogP contribution in [0.15, 0.2) is 0 Å². The molecular weight excluding hydrogens is 184 g/mol. The van der Waals surface area contributed by atoms with E-state index >= 15 is 0 Å². The molecule has 1 heterocycles. The number of hydrogen-bond acceptors (Lipinski definition) is 2. The molecule has 1 aliphatic heterocycles. The van der Waals surface area contributed by atoms with Gasteiger partial charge in [0.1, 0.15) is 0 Å². The third-order valence-electron chi connectivity index (χ3n) is 4.16. The Morgan fingerprint density at radius 2 is 2.00 bits per heavy atom. The SMILES string of the molecule is CCC1CCN(CCNC2CCCC2)C1. The van der Waals surface area contributed by atoms with E-state index in [-0.39, 0.29) is 0 Å². The predicted octanol–water partition coefficient (Wildman–Crippen LogP) is 2.25. The summed E-state index contributed by atoms with van der Waals surface area (Å²) in [6.45, 7) is 7.49. The summed E-state index contributed by atoms with van der Waals surface area (Å²) in [4.78, 5) is 2.64. The van der Waals surface area contributed by atoms with Crippen molar-refractivity contribution in [1.29, 1.82) is 0 Å². The van der Waals surface area contributed by atoms with Crippen LogP contribution in [-0.4, -0.2) is 37.1 Å². The number of likely N-dealkylation sites (tertiary alicyclic amines) is 1. The Morgan fingerprint density at radius 3 is 2.67 bits per heavy atom. The van der Waals surface area contributed by atoms with E-state index in [0.29, 0.717) is 0 Å². The lowest BCUT2D eigenvalue weighted by molar-refractivity contribution is 0.313. The molecule has 2 nitrogen and oxygen atoms in total. The quantitative estimate of drug-likeness (QED) is 0.749. The lowest BCUT2D eigenvalue weighted by atomic mass is 10.1. The van der Waals surface area contributed by atoms with E-state index in [2.05, 4.69) is 17.1 Å². The standard InChI is InChI=1S/C13H26N2/c1-2-12-7-9-15(11-12)10-8-14-13-5-3-4-6-13/h12-14H,2-11H2,1H3. The molecule has 2 aliphatic rings. The lowest BCUT2D eigenvalue weighted by Gasteiger charge is -2.18. The average molecular weight is 210 g/mol. The maximum Gasteiger partial charge on any atom is 0.0107 e. The molecule has 1 saturated carbocycles. The number of nitrogens with one attached hydrogen (secondary N) is 1. The highest BCUT2D eigenvalue weighted by Gasteiger charge is 2.20. The lowest BCUT2D eigenvalue weighted by Crippen LogP contribution is -2.35. The van der Waals surface area contributed by atoms with Gasteiger partial charge in [0.25, 0.3) is 0 Å². The highest BCUT2D eigenvalue weighted by molar-refractivity contribution is 4.77. The van der Waals surface area contributed by atoms with Gasteiger partial charge in [-0.05, 0) is 31.7 Å². The van der Waals surface area contributed by atoms with Gasteiger partial charge < -0.3 is 10.2 Å². The minimum absolute atomic E-state index is 0.842. The zero-order valence-corrected chi connectivity index (χ0v) is 10.2. The number of hydrogen-bond donors (Lipinski definition) is 1. The molecule has 88 valence electrons. The third kappa shape index (κ3) is 3.46. The first-order chi connectivity index (χ1) is 7.38. The molecule has 0 radical (unpaired) electrons. The van der Waals surface area contributed by atoms with Crippen LogP contribution < -0.4 is 5.32 Å². The van der Waals surface area contributed by atoms with E-state index in [1.807, 2.05) is 0 Å². The summed E-state index contributed by atoms with van der Waals surface area (Å²) in [7, 11) is 0. The summed E-state index contributed by atoms with van der Waals surface area (Å²) in [5.74, 6) is 0.983. The van der Waals surface area contributed by atoms with Gasteiger partial charge in [0.05, 0.1) is 0 Å². The van der Waals surface area contributed by atoms with Crippen LogP contribution in [-0.2, 0) is 0 Å². The van der Waals surface area contributed by atoms with E-state index in [0.717, 1.165) is 12.0 Å². The van der Waals surface area contributed by atoms with E-state index in [1.54, 1.807) is 0 Å². The summed E-state index contributed by atoms with van der Waals surface area (Å²) in [6.07, 6.45) is 8.51. The molecule has 0 aromatic carbocycles. The van der Waals surface area contributed by atoms with Gasteiger partial charge in [0, 0.05) is 25.7 Å². The zero-order chi connectivity index (χ0) is 10.5. The van der Waals surface area contributed by atoms with Crippen LogP contribution >= 0.6 is 0 Å². The average Bonchev–Trinajstić information content (AvgIpc) is 2.88. The van der Waals surface area contributed by atoms with E-state index in [1.165, 1.54) is 64.7 Å². The second kappa shape index (κ2) is 5.86. The summed E-state index contributed by atoms with van der Waals surface area (Å²) < 4.78 is 0. The maximum absolute atomic E-state index is 3.70. The van der Waals surface area contributed by atoms with Crippen LogP contribution in [0.5, 0.6) is 0 Å². The van der Waals surface area contributed by atoms with E-state index in [9.17, 15) is 0 Å². The van der Waals surface area contributed by atoms with Crippen LogP contribution in [0.1, 0.15) is 45.4 Å². The minimum atomic E-state index is 0.842. The number of rotatable bonds is 5. The Kier molecular flexibility index (Phi) is 4.45. The molecule has 1 atom stereocenters. The second-order valence-electron chi connectivity index (χ2n) is 5.30. The van der Waals surface area contributed by atoms with Crippen molar-refractivity contribution in [3.63, 3.8) is 0 Å². The van der Waals surface area contributed by atoms with Crippen molar-refractivity contribution < 1.29 is 0 Å². The minimum Gasteiger partial charge on any atom is -0.313 e. The summed E-state index contributed by atoms with van der Waals surface area (Å²) >= 11 is 0. The Morgan fingerprint density at radius 1 is 1.20 bits per heavy atom. The van der Waals surface area contributed by atoms with Crippen molar-refractivity contribution in [2.24, 2.45) is 5.92 Å². The largest absolute Gasteiger partial charge is 0.313 e. The fraction of sp³-hybridized carbons (Fsp3) is 1.00. The van der Waals surface area contributed by atoms with Crippen molar-refractivity contribution in [3.05, 3.63) is 0 Å². The molecular formula is C13H26N2. The van der Waals surface area contributed by atoms with E-state index in [4.69, 9.17) is 0 Å². The van der Waals surface area contributed by atoms with Gasteiger partial charge in [-0.15, -0.1) is 0 Å². The molecule has 0 aromatic rings. The van der Waals surface area contributed by atoms with Crippen LogP contribution in [0.3, 0.4) is 0 Å². The third-order valence-corrected chi connectivity index (χ3v) is 4.16. The van der Waals surface area contributed by atoms with Gasteiger partial charge in [0.15, 0.2) is 0 Å². The predicted molar refractivity (Wildman–Crippen MR) is 65.1 cm³/mol. The highest BCUT2D eigenvalue weighted by Crippen LogP contribution is 2.19. The van der Waals surface area contributed by atoms with Crippen molar-refractivity contribution in [3.8, 4) is 0 Å². The molecule has 1 N–H and O–H groups in total. The van der Waals surface area contributed by atoms with Crippen LogP contribution in [0.2, 0.25) is 0 Å². The van der Waals surface area contributed by atoms with Crippen molar-refractivity contribution in [2.75, 3.05) is 26.2 Å². The summed E-state index contributed by atoms with van der Waals surface area (Å²) in [6, 6.07) is 0.842. The number of nitrogens with zero attached hydrogens (tertiary/aromatic N) is 1. The fourth-order valence-electron chi connectivity index (χ4n) is 3.01. The molecule has 0 aromatic heterocycles.